The van der Waals surface area contributed by atoms with Crippen molar-refractivity contribution in [1.82, 2.24) is 24.3 Å². The van der Waals surface area contributed by atoms with Gasteiger partial charge >= 0.3 is 0 Å². The molecule has 3 heterocycles. The number of ether oxygens (including phenoxy) is 1. The van der Waals surface area contributed by atoms with Gasteiger partial charge in [0.05, 0.1) is 31.1 Å². The molecule has 2 atom stereocenters. The van der Waals surface area contributed by atoms with Crippen molar-refractivity contribution in [3.63, 3.8) is 0 Å². The first-order valence-electron chi connectivity index (χ1n) is 13.3. The van der Waals surface area contributed by atoms with Crippen LogP contribution in [0.15, 0.2) is 36.8 Å². The zero-order valence-electron chi connectivity index (χ0n) is 23.1. The Morgan fingerprint density at radius 2 is 1.97 bits per heavy atom. The van der Waals surface area contributed by atoms with Crippen molar-refractivity contribution in [2.24, 2.45) is 0 Å². The van der Waals surface area contributed by atoms with Crippen LogP contribution in [-0.4, -0.2) is 64.5 Å². The molecule has 1 aliphatic heterocycles. The molecule has 8 nitrogen and oxygen atoms in total. The highest BCUT2D eigenvalue weighted by molar-refractivity contribution is 5.99. The lowest BCUT2D eigenvalue weighted by Crippen LogP contribution is -2.45. The molecule has 1 spiro atoms. The lowest BCUT2D eigenvalue weighted by atomic mass is 9.79. The van der Waals surface area contributed by atoms with Gasteiger partial charge in [-0.1, -0.05) is 6.07 Å². The van der Waals surface area contributed by atoms with Gasteiger partial charge in [-0.2, -0.15) is 0 Å². The molecule has 0 bridgehead atoms. The number of imidazole rings is 1. The van der Waals surface area contributed by atoms with E-state index in [4.69, 9.17) is 4.74 Å². The number of rotatable bonds is 9. The van der Waals surface area contributed by atoms with Gasteiger partial charge in [0.25, 0.3) is 5.91 Å². The minimum absolute atomic E-state index is 0.0114. The van der Waals surface area contributed by atoms with Crippen LogP contribution in [0.1, 0.15) is 78.4 Å². The predicted molar refractivity (Wildman–Crippen MR) is 145 cm³/mol. The first-order valence-corrected chi connectivity index (χ1v) is 13.3. The Hall–Kier alpha value is -3.46. The summed E-state index contributed by atoms with van der Waals surface area (Å²) in [5.74, 6) is 0.435. The van der Waals surface area contributed by atoms with Gasteiger partial charge in [0.15, 0.2) is 11.6 Å². The van der Waals surface area contributed by atoms with E-state index in [-0.39, 0.29) is 29.2 Å². The summed E-state index contributed by atoms with van der Waals surface area (Å²) in [6.45, 7) is 7.56. The number of benzene rings is 1. The number of aromatic nitrogens is 3. The van der Waals surface area contributed by atoms with Crippen LogP contribution in [0, 0.1) is 5.82 Å². The molecule has 3 aromatic rings. The van der Waals surface area contributed by atoms with Crippen LogP contribution in [0.4, 0.5) is 10.3 Å². The summed E-state index contributed by atoms with van der Waals surface area (Å²) >= 11 is 0. The molecule has 1 aliphatic carbocycles. The Kier molecular flexibility index (Phi) is 6.90. The molecule has 1 amide bonds. The van der Waals surface area contributed by atoms with Crippen molar-refractivity contribution in [3.05, 3.63) is 70.6 Å². The van der Waals surface area contributed by atoms with Crippen LogP contribution in [0.2, 0.25) is 0 Å². The summed E-state index contributed by atoms with van der Waals surface area (Å²) in [6, 6.07) is 5.78. The summed E-state index contributed by atoms with van der Waals surface area (Å²) < 4.78 is 21.7. The topological polar surface area (TPSA) is 75.5 Å². The van der Waals surface area contributed by atoms with Crippen molar-refractivity contribution in [1.29, 1.82) is 0 Å². The van der Waals surface area contributed by atoms with Gasteiger partial charge in [0.1, 0.15) is 0 Å². The third-order valence-corrected chi connectivity index (χ3v) is 8.13. The highest BCUT2D eigenvalue weighted by Gasteiger charge is 2.54. The van der Waals surface area contributed by atoms with Crippen molar-refractivity contribution in [2.75, 3.05) is 39.6 Å². The molecule has 1 N–H and O–H groups in total. The van der Waals surface area contributed by atoms with Gasteiger partial charge in [0, 0.05) is 49.1 Å². The molecule has 1 saturated carbocycles. The van der Waals surface area contributed by atoms with E-state index in [1.165, 1.54) is 17.3 Å². The second-order valence-corrected chi connectivity index (χ2v) is 10.7. The molecule has 2 aliphatic rings. The second-order valence-electron chi connectivity index (χ2n) is 10.7. The fourth-order valence-corrected chi connectivity index (χ4v) is 5.64. The number of hydrogen-bond acceptors (Lipinski definition) is 6. The lowest BCUT2D eigenvalue weighted by molar-refractivity contribution is 0.0632. The monoisotopic (exact) mass is 520 g/mol. The van der Waals surface area contributed by atoms with E-state index in [9.17, 15) is 9.18 Å². The Morgan fingerprint density at radius 3 is 2.63 bits per heavy atom. The quantitative estimate of drug-likeness (QED) is 0.438. The molecule has 2 unspecified atom stereocenters. The number of hydrogen-bond donors (Lipinski definition) is 1. The molecule has 2 aromatic heterocycles. The second kappa shape index (κ2) is 10.0. The molecule has 9 heteroatoms. The predicted octanol–water partition coefficient (Wildman–Crippen LogP) is 4.78. The van der Waals surface area contributed by atoms with E-state index < -0.39 is 5.82 Å². The number of pyridine rings is 1. The van der Waals surface area contributed by atoms with Crippen molar-refractivity contribution < 1.29 is 13.9 Å². The van der Waals surface area contributed by atoms with E-state index in [0.29, 0.717) is 25.4 Å². The van der Waals surface area contributed by atoms with Crippen LogP contribution < -0.4 is 10.1 Å². The number of nitrogens with one attached hydrogen (secondary N) is 1. The summed E-state index contributed by atoms with van der Waals surface area (Å²) in [5.41, 5.74) is 4.78. The highest BCUT2D eigenvalue weighted by Crippen LogP contribution is 2.56. The van der Waals surface area contributed by atoms with Gasteiger partial charge in [-0.05, 0) is 70.5 Å². The standard InChI is InChI=1S/C29H37FN6O2/c1-7-38-25-14-24(33-15-23(25)30)19(3)36-17-29(8-9-29)26-21(18(2)34(5)6)12-20(13-22(26)27(36)37)16-35-11-10-32-28(35)31-4/h10-15,18-19H,7-9,16-17H2,1-6H3,(H,31,32). The van der Waals surface area contributed by atoms with Gasteiger partial charge in [-0.3, -0.25) is 9.78 Å². The largest absolute Gasteiger partial charge is 0.491 e. The first-order chi connectivity index (χ1) is 18.2. The fourth-order valence-electron chi connectivity index (χ4n) is 5.64. The molecule has 0 radical (unpaired) electrons. The summed E-state index contributed by atoms with van der Waals surface area (Å²) in [5, 5.41) is 3.13. The molecule has 0 saturated heterocycles. The summed E-state index contributed by atoms with van der Waals surface area (Å²) in [6.07, 6.45) is 6.97. The molecule has 1 aromatic carbocycles. The minimum atomic E-state index is -0.496. The van der Waals surface area contributed by atoms with Gasteiger partial charge in [0.2, 0.25) is 5.95 Å². The van der Waals surface area contributed by atoms with Gasteiger partial charge in [-0.25, -0.2) is 9.37 Å². The fraction of sp³-hybridized carbons (Fsp3) is 0.483. The zero-order valence-corrected chi connectivity index (χ0v) is 23.1. The van der Waals surface area contributed by atoms with E-state index in [2.05, 4.69) is 53.3 Å². The molecule has 38 heavy (non-hydrogen) atoms. The average molecular weight is 521 g/mol. The van der Waals surface area contributed by atoms with Crippen LogP contribution >= 0.6 is 0 Å². The molecule has 1 fully saturated rings. The molecule has 5 rings (SSSR count). The van der Waals surface area contributed by atoms with Crippen LogP contribution in [0.25, 0.3) is 0 Å². The molecular weight excluding hydrogens is 483 g/mol. The SMILES string of the molecule is CCOc1cc(C(C)N2CC3(CC3)c3c(cc(Cn4ccnc4NC)cc3C(C)N(C)C)C2=O)ncc1F. The number of anilines is 1. The number of fused-ring (bicyclic) bond motifs is 2. The Labute approximate surface area is 223 Å². The van der Waals surface area contributed by atoms with E-state index in [1.807, 2.05) is 36.6 Å². The number of halogens is 1. The highest BCUT2D eigenvalue weighted by atomic mass is 19.1. The summed E-state index contributed by atoms with van der Waals surface area (Å²) in [4.78, 5) is 27.0. The van der Waals surface area contributed by atoms with Crippen LogP contribution in [-0.2, 0) is 12.0 Å². The number of nitrogens with zero attached hydrogens (tertiary/aromatic N) is 5. The Bertz CT molecular complexity index is 1350. The lowest BCUT2D eigenvalue weighted by Gasteiger charge is -2.40. The maximum Gasteiger partial charge on any atom is 0.254 e. The zero-order chi connectivity index (χ0) is 27.2. The first kappa shape index (κ1) is 26.2. The van der Waals surface area contributed by atoms with Crippen LogP contribution in [0.5, 0.6) is 5.75 Å². The smallest absolute Gasteiger partial charge is 0.254 e. The van der Waals surface area contributed by atoms with Gasteiger partial charge < -0.3 is 24.4 Å². The summed E-state index contributed by atoms with van der Waals surface area (Å²) in [7, 11) is 6.01. The average Bonchev–Trinajstić information content (AvgIpc) is 3.53. The van der Waals surface area contributed by atoms with Crippen molar-refractivity contribution in [3.8, 4) is 5.75 Å². The maximum absolute atomic E-state index is 14.2. The number of carbonyl (C=O) groups excluding carboxylic acids is 1. The van der Waals surface area contributed by atoms with Gasteiger partial charge in [-0.15, -0.1) is 0 Å². The van der Waals surface area contributed by atoms with Crippen molar-refractivity contribution >= 4 is 11.9 Å². The Balaban J connectivity index is 1.58. The third kappa shape index (κ3) is 4.53. The Morgan fingerprint density at radius 1 is 1.21 bits per heavy atom. The van der Waals surface area contributed by atoms with Crippen molar-refractivity contribution in [2.45, 2.75) is 57.7 Å². The third-order valence-electron chi connectivity index (χ3n) is 8.13. The maximum atomic E-state index is 14.2. The van der Waals surface area contributed by atoms with Crippen LogP contribution in [0.3, 0.4) is 0 Å². The molecular formula is C29H37FN6O2. The normalized spacial score (nSPS) is 17.5. The number of amides is 1. The molecule has 202 valence electrons. The van der Waals surface area contributed by atoms with E-state index in [0.717, 1.165) is 29.9 Å². The number of carbonyl (C=O) groups is 1. The van der Waals surface area contributed by atoms with E-state index >= 15 is 0 Å². The van der Waals surface area contributed by atoms with E-state index in [1.54, 1.807) is 12.3 Å². The minimum Gasteiger partial charge on any atom is -0.491 e.